The number of aliphatic hydroxyl groups excluding tert-OH is 1. The molecule has 1 N–H and O–H groups in total. The van der Waals surface area contributed by atoms with Gasteiger partial charge in [-0.25, -0.2) is 8.78 Å². The first-order chi connectivity index (χ1) is 8.45. The Balaban J connectivity index is 2.97. The van der Waals surface area contributed by atoms with E-state index in [0.717, 1.165) is 4.90 Å². The van der Waals surface area contributed by atoms with Gasteiger partial charge in [0.15, 0.2) is 0 Å². The molecular formula is C11H11BrClF2NO2. The highest BCUT2D eigenvalue weighted by molar-refractivity contribution is 9.10. The molecule has 1 aromatic rings. The maximum atomic E-state index is 12.4. The molecule has 0 spiro atoms. The zero-order valence-corrected chi connectivity index (χ0v) is 11.6. The minimum atomic E-state index is -2.65. The topological polar surface area (TPSA) is 40.5 Å². The molecule has 100 valence electrons. The summed E-state index contributed by atoms with van der Waals surface area (Å²) in [5.74, 6) is -0.598. The summed E-state index contributed by atoms with van der Waals surface area (Å²) in [5.41, 5.74) is 0.191. The van der Waals surface area contributed by atoms with Crippen molar-refractivity contribution in [2.24, 2.45) is 0 Å². The molecule has 0 bridgehead atoms. The van der Waals surface area contributed by atoms with Crippen LogP contribution in [0.1, 0.15) is 10.4 Å². The van der Waals surface area contributed by atoms with Crippen molar-refractivity contribution in [3.05, 3.63) is 33.3 Å². The quantitative estimate of drug-likeness (QED) is 0.894. The number of carbonyl (C=O) groups excluding carboxylic acids is 1. The Kier molecular flexibility index (Phi) is 5.98. The van der Waals surface area contributed by atoms with Gasteiger partial charge in [0.2, 0.25) is 0 Å². The van der Waals surface area contributed by atoms with Crippen molar-refractivity contribution in [2.45, 2.75) is 6.43 Å². The first kappa shape index (κ1) is 15.3. The average Bonchev–Trinajstić information content (AvgIpc) is 2.30. The summed E-state index contributed by atoms with van der Waals surface area (Å²) in [6.45, 7) is -1.25. The average molecular weight is 343 g/mol. The molecule has 0 aromatic heterocycles. The van der Waals surface area contributed by atoms with E-state index in [1.807, 2.05) is 0 Å². The van der Waals surface area contributed by atoms with Gasteiger partial charge in [-0.1, -0.05) is 11.6 Å². The second-order valence-corrected chi connectivity index (χ2v) is 4.78. The highest BCUT2D eigenvalue weighted by Crippen LogP contribution is 2.22. The summed E-state index contributed by atoms with van der Waals surface area (Å²) in [6.07, 6.45) is -2.65. The fourth-order valence-electron chi connectivity index (χ4n) is 1.39. The number of alkyl halides is 2. The molecule has 0 saturated heterocycles. The van der Waals surface area contributed by atoms with Gasteiger partial charge in [-0.05, 0) is 34.1 Å². The van der Waals surface area contributed by atoms with Crippen molar-refractivity contribution in [1.29, 1.82) is 0 Å². The molecule has 0 atom stereocenters. The van der Waals surface area contributed by atoms with Crippen molar-refractivity contribution in [3.63, 3.8) is 0 Å². The van der Waals surface area contributed by atoms with E-state index in [1.165, 1.54) is 6.07 Å². The van der Waals surface area contributed by atoms with Crippen LogP contribution >= 0.6 is 27.5 Å². The Morgan fingerprint density at radius 3 is 2.72 bits per heavy atom. The molecule has 1 aromatic carbocycles. The Bertz CT molecular complexity index is 432. The number of carbonyl (C=O) groups is 1. The van der Waals surface area contributed by atoms with Crippen LogP contribution in [0.3, 0.4) is 0 Å². The van der Waals surface area contributed by atoms with Gasteiger partial charge < -0.3 is 10.0 Å². The fourth-order valence-corrected chi connectivity index (χ4v) is 1.98. The zero-order valence-electron chi connectivity index (χ0n) is 9.25. The van der Waals surface area contributed by atoms with Crippen LogP contribution in [-0.2, 0) is 0 Å². The summed E-state index contributed by atoms with van der Waals surface area (Å²) in [4.78, 5) is 12.9. The van der Waals surface area contributed by atoms with E-state index in [9.17, 15) is 13.6 Å². The number of halogens is 4. The lowest BCUT2D eigenvalue weighted by molar-refractivity contribution is 0.0508. The molecule has 0 saturated carbocycles. The van der Waals surface area contributed by atoms with Crippen LogP contribution in [0.4, 0.5) is 8.78 Å². The summed E-state index contributed by atoms with van der Waals surface area (Å²) in [6, 6.07) is 4.53. The number of hydrogen-bond acceptors (Lipinski definition) is 2. The molecule has 1 amide bonds. The summed E-state index contributed by atoms with van der Waals surface area (Å²) in [5, 5.41) is 9.13. The minimum Gasteiger partial charge on any atom is -0.395 e. The molecule has 0 aliphatic rings. The third-order valence-corrected chi connectivity index (χ3v) is 3.10. The Labute approximate surface area is 116 Å². The van der Waals surface area contributed by atoms with Gasteiger partial charge in [0, 0.05) is 16.0 Å². The predicted molar refractivity (Wildman–Crippen MR) is 68.1 cm³/mol. The highest BCUT2D eigenvalue weighted by atomic mass is 79.9. The van der Waals surface area contributed by atoms with E-state index in [2.05, 4.69) is 15.9 Å². The molecular weight excluding hydrogens is 331 g/mol. The standard InChI is InChI=1S/C11H11BrClF2NO2/c12-9-2-1-7(13)5-8(9)11(18)16(3-4-17)6-10(14)15/h1-2,5,10,17H,3-4,6H2. The third-order valence-electron chi connectivity index (χ3n) is 2.17. The van der Waals surface area contributed by atoms with E-state index < -0.39 is 18.9 Å². The maximum absolute atomic E-state index is 12.4. The number of benzene rings is 1. The monoisotopic (exact) mass is 341 g/mol. The maximum Gasteiger partial charge on any atom is 0.255 e. The van der Waals surface area contributed by atoms with Gasteiger partial charge in [-0.3, -0.25) is 4.79 Å². The smallest absolute Gasteiger partial charge is 0.255 e. The minimum absolute atomic E-state index is 0.151. The molecule has 0 aliphatic heterocycles. The summed E-state index contributed by atoms with van der Waals surface area (Å²) in [7, 11) is 0. The van der Waals surface area contributed by atoms with Crippen LogP contribution in [-0.4, -0.2) is 42.0 Å². The van der Waals surface area contributed by atoms with E-state index in [1.54, 1.807) is 12.1 Å². The molecule has 18 heavy (non-hydrogen) atoms. The van der Waals surface area contributed by atoms with Crippen LogP contribution in [0.2, 0.25) is 5.02 Å². The predicted octanol–water partition coefficient (Wildman–Crippen LogP) is 2.80. The van der Waals surface area contributed by atoms with E-state index in [4.69, 9.17) is 16.7 Å². The number of hydrogen-bond donors (Lipinski definition) is 1. The van der Waals surface area contributed by atoms with Crippen molar-refractivity contribution in [2.75, 3.05) is 19.7 Å². The number of rotatable bonds is 5. The van der Waals surface area contributed by atoms with Gasteiger partial charge in [0.25, 0.3) is 12.3 Å². The van der Waals surface area contributed by atoms with Gasteiger partial charge in [-0.15, -0.1) is 0 Å². The lowest BCUT2D eigenvalue weighted by Gasteiger charge is -2.21. The van der Waals surface area contributed by atoms with E-state index in [-0.39, 0.29) is 18.7 Å². The van der Waals surface area contributed by atoms with Crippen molar-refractivity contribution in [3.8, 4) is 0 Å². The van der Waals surface area contributed by atoms with E-state index in [0.29, 0.717) is 9.50 Å². The first-order valence-electron chi connectivity index (χ1n) is 5.09. The second kappa shape index (κ2) is 7.01. The fraction of sp³-hybridized carbons (Fsp3) is 0.364. The van der Waals surface area contributed by atoms with Crippen LogP contribution in [0, 0.1) is 0 Å². The van der Waals surface area contributed by atoms with Gasteiger partial charge in [-0.2, -0.15) is 0 Å². The Hall–Kier alpha value is -0.720. The Morgan fingerprint density at radius 1 is 1.50 bits per heavy atom. The lowest BCUT2D eigenvalue weighted by atomic mass is 10.2. The molecule has 1 rings (SSSR count). The number of aliphatic hydroxyl groups is 1. The highest BCUT2D eigenvalue weighted by Gasteiger charge is 2.21. The molecule has 0 unspecified atom stereocenters. The molecule has 0 fully saturated rings. The lowest BCUT2D eigenvalue weighted by Crippen LogP contribution is -2.37. The van der Waals surface area contributed by atoms with Crippen molar-refractivity contribution in [1.82, 2.24) is 4.90 Å². The van der Waals surface area contributed by atoms with Crippen molar-refractivity contribution < 1.29 is 18.7 Å². The molecule has 0 radical (unpaired) electrons. The van der Waals surface area contributed by atoms with Gasteiger partial charge in [0.05, 0.1) is 18.7 Å². The van der Waals surface area contributed by atoms with Gasteiger partial charge in [0.1, 0.15) is 0 Å². The van der Waals surface area contributed by atoms with Crippen LogP contribution in [0.5, 0.6) is 0 Å². The molecule has 0 aliphatic carbocycles. The van der Waals surface area contributed by atoms with Gasteiger partial charge >= 0.3 is 0 Å². The second-order valence-electron chi connectivity index (χ2n) is 3.49. The third kappa shape index (κ3) is 4.19. The normalized spacial score (nSPS) is 10.8. The van der Waals surface area contributed by atoms with Crippen LogP contribution in [0.15, 0.2) is 22.7 Å². The van der Waals surface area contributed by atoms with Crippen molar-refractivity contribution >= 4 is 33.4 Å². The summed E-state index contributed by atoms with van der Waals surface area (Å²) >= 11 is 8.92. The zero-order chi connectivity index (χ0) is 13.7. The first-order valence-corrected chi connectivity index (χ1v) is 6.26. The Morgan fingerprint density at radius 2 is 2.17 bits per heavy atom. The summed E-state index contributed by atoms with van der Waals surface area (Å²) < 4.78 is 25.2. The van der Waals surface area contributed by atoms with Crippen LogP contribution < -0.4 is 0 Å². The molecule has 7 heteroatoms. The molecule has 0 heterocycles. The van der Waals surface area contributed by atoms with E-state index >= 15 is 0 Å². The number of amides is 1. The largest absolute Gasteiger partial charge is 0.395 e. The van der Waals surface area contributed by atoms with Crippen LogP contribution in [0.25, 0.3) is 0 Å². The SMILES string of the molecule is O=C(c1cc(Cl)ccc1Br)N(CCO)CC(F)F. The molecule has 3 nitrogen and oxygen atoms in total. The number of nitrogens with zero attached hydrogens (tertiary/aromatic N) is 1.